The first-order valence-electron chi connectivity index (χ1n) is 6.62. The number of nitrogen functional groups attached to an aromatic ring is 1. The van der Waals surface area contributed by atoms with Crippen molar-refractivity contribution in [1.29, 1.82) is 0 Å². The molecule has 0 saturated carbocycles. The summed E-state index contributed by atoms with van der Waals surface area (Å²) in [6.07, 6.45) is 1.38. The third-order valence-electron chi connectivity index (χ3n) is 2.87. The van der Waals surface area contributed by atoms with Gasteiger partial charge in [0, 0.05) is 12.3 Å². The molecular formula is C15H13Cl2N3O4. The Labute approximate surface area is 147 Å². The molecule has 2 aromatic rings. The summed E-state index contributed by atoms with van der Waals surface area (Å²) in [5.74, 6) is -0.845. The topological polar surface area (TPSA) is 104 Å². The van der Waals surface area contributed by atoms with E-state index in [0.29, 0.717) is 5.02 Å². The van der Waals surface area contributed by atoms with Gasteiger partial charge in [-0.3, -0.25) is 4.79 Å². The number of nitrogens with zero attached hydrogens (tertiary/aromatic N) is 1. The van der Waals surface area contributed by atoms with Crippen molar-refractivity contribution >= 4 is 46.6 Å². The van der Waals surface area contributed by atoms with Crippen LogP contribution in [0.4, 0.5) is 11.5 Å². The summed E-state index contributed by atoms with van der Waals surface area (Å²) in [7, 11) is 1.37. The molecule has 0 unspecified atom stereocenters. The van der Waals surface area contributed by atoms with E-state index < -0.39 is 18.5 Å². The fourth-order valence-corrected chi connectivity index (χ4v) is 2.01. The quantitative estimate of drug-likeness (QED) is 0.620. The van der Waals surface area contributed by atoms with Crippen molar-refractivity contribution in [3.63, 3.8) is 0 Å². The highest BCUT2D eigenvalue weighted by atomic mass is 35.5. The SMILES string of the molecule is COc1cc(N)c(Cl)cc1C(=O)OCC(=O)Nc1ccc(Cl)cn1. The van der Waals surface area contributed by atoms with Crippen LogP contribution in [0.25, 0.3) is 0 Å². The maximum atomic E-state index is 12.1. The van der Waals surface area contributed by atoms with Crippen LogP contribution >= 0.6 is 23.2 Å². The molecule has 0 fully saturated rings. The number of ether oxygens (including phenoxy) is 2. The van der Waals surface area contributed by atoms with Gasteiger partial charge in [-0.1, -0.05) is 23.2 Å². The summed E-state index contributed by atoms with van der Waals surface area (Å²) in [5.41, 5.74) is 5.96. The number of halogens is 2. The third-order valence-corrected chi connectivity index (χ3v) is 3.42. The number of benzene rings is 1. The molecule has 0 radical (unpaired) electrons. The smallest absolute Gasteiger partial charge is 0.342 e. The minimum absolute atomic E-state index is 0.0640. The van der Waals surface area contributed by atoms with E-state index in [1.54, 1.807) is 6.07 Å². The molecule has 1 heterocycles. The van der Waals surface area contributed by atoms with E-state index in [9.17, 15) is 9.59 Å². The molecule has 1 amide bonds. The lowest BCUT2D eigenvalue weighted by atomic mass is 10.2. The zero-order chi connectivity index (χ0) is 17.7. The number of carbonyl (C=O) groups is 2. The lowest BCUT2D eigenvalue weighted by Gasteiger charge is -2.10. The normalized spacial score (nSPS) is 10.1. The Morgan fingerprint density at radius 1 is 1.29 bits per heavy atom. The molecule has 24 heavy (non-hydrogen) atoms. The first-order chi connectivity index (χ1) is 11.4. The van der Waals surface area contributed by atoms with Gasteiger partial charge < -0.3 is 20.5 Å². The third kappa shape index (κ3) is 4.50. The maximum Gasteiger partial charge on any atom is 0.342 e. The van der Waals surface area contributed by atoms with Crippen molar-refractivity contribution in [2.75, 3.05) is 24.8 Å². The summed E-state index contributed by atoms with van der Waals surface area (Å²) in [6.45, 7) is -0.506. The molecule has 0 bridgehead atoms. The Morgan fingerprint density at radius 2 is 2.04 bits per heavy atom. The number of hydrogen-bond acceptors (Lipinski definition) is 6. The van der Waals surface area contributed by atoms with Crippen molar-refractivity contribution in [1.82, 2.24) is 4.98 Å². The Balaban J connectivity index is 1.99. The summed E-state index contributed by atoms with van der Waals surface area (Å²) in [5, 5.41) is 3.08. The van der Waals surface area contributed by atoms with Crippen LogP contribution in [0.15, 0.2) is 30.5 Å². The van der Waals surface area contributed by atoms with Gasteiger partial charge in [0.25, 0.3) is 5.91 Å². The van der Waals surface area contributed by atoms with Gasteiger partial charge in [-0.25, -0.2) is 9.78 Å². The highest BCUT2D eigenvalue weighted by Gasteiger charge is 2.17. The van der Waals surface area contributed by atoms with Crippen LogP contribution in [0.3, 0.4) is 0 Å². The van der Waals surface area contributed by atoms with Crippen LogP contribution < -0.4 is 15.8 Å². The molecule has 0 spiro atoms. The van der Waals surface area contributed by atoms with E-state index in [2.05, 4.69) is 10.3 Å². The lowest BCUT2D eigenvalue weighted by Crippen LogP contribution is -2.21. The second kappa shape index (κ2) is 7.85. The predicted molar refractivity (Wildman–Crippen MR) is 90.6 cm³/mol. The number of esters is 1. The highest BCUT2D eigenvalue weighted by molar-refractivity contribution is 6.33. The van der Waals surface area contributed by atoms with Crippen LogP contribution in [0.5, 0.6) is 5.75 Å². The van der Waals surface area contributed by atoms with Gasteiger partial charge >= 0.3 is 5.97 Å². The number of anilines is 2. The standard InChI is InChI=1S/C15H13Cl2N3O4/c1-23-12-5-11(18)10(17)4-9(12)15(22)24-7-14(21)20-13-3-2-8(16)6-19-13/h2-6H,7,18H2,1H3,(H,19,20,21). The molecular weight excluding hydrogens is 357 g/mol. The largest absolute Gasteiger partial charge is 0.496 e. The molecule has 2 rings (SSSR count). The van der Waals surface area contributed by atoms with Crippen molar-refractivity contribution in [3.8, 4) is 5.75 Å². The molecule has 0 aliphatic rings. The summed E-state index contributed by atoms with van der Waals surface area (Å²) >= 11 is 11.6. The van der Waals surface area contributed by atoms with Crippen molar-refractivity contribution in [3.05, 3.63) is 46.1 Å². The molecule has 126 valence electrons. The fourth-order valence-electron chi connectivity index (χ4n) is 1.74. The minimum atomic E-state index is -0.770. The average molecular weight is 370 g/mol. The van der Waals surface area contributed by atoms with Crippen LogP contribution in [-0.2, 0) is 9.53 Å². The Morgan fingerprint density at radius 3 is 2.67 bits per heavy atom. The van der Waals surface area contributed by atoms with E-state index in [4.69, 9.17) is 38.4 Å². The summed E-state index contributed by atoms with van der Waals surface area (Å²) in [6, 6.07) is 5.80. The monoisotopic (exact) mass is 369 g/mol. The number of aromatic nitrogens is 1. The number of carbonyl (C=O) groups excluding carboxylic acids is 2. The van der Waals surface area contributed by atoms with Gasteiger partial charge in [0.1, 0.15) is 17.1 Å². The average Bonchev–Trinajstić information content (AvgIpc) is 2.56. The van der Waals surface area contributed by atoms with Crippen LogP contribution in [0.1, 0.15) is 10.4 Å². The summed E-state index contributed by atoms with van der Waals surface area (Å²) in [4.78, 5) is 27.7. The van der Waals surface area contributed by atoms with Crippen molar-refractivity contribution in [2.45, 2.75) is 0 Å². The van der Waals surface area contributed by atoms with E-state index in [0.717, 1.165) is 0 Å². The second-order valence-electron chi connectivity index (χ2n) is 4.56. The number of nitrogens with one attached hydrogen (secondary N) is 1. The van der Waals surface area contributed by atoms with E-state index in [1.165, 1.54) is 31.5 Å². The first kappa shape index (κ1) is 17.8. The maximum absolute atomic E-state index is 12.1. The number of pyridine rings is 1. The van der Waals surface area contributed by atoms with E-state index in [1.807, 2.05) is 0 Å². The second-order valence-corrected chi connectivity index (χ2v) is 5.40. The highest BCUT2D eigenvalue weighted by Crippen LogP contribution is 2.29. The number of rotatable bonds is 5. The molecule has 0 atom stereocenters. The molecule has 0 saturated heterocycles. The van der Waals surface area contributed by atoms with Crippen molar-refractivity contribution < 1.29 is 19.1 Å². The van der Waals surface area contributed by atoms with Gasteiger partial charge in [0.05, 0.1) is 22.8 Å². The Kier molecular flexibility index (Phi) is 5.83. The van der Waals surface area contributed by atoms with Gasteiger partial charge in [0.2, 0.25) is 0 Å². The van der Waals surface area contributed by atoms with Crippen LogP contribution in [-0.4, -0.2) is 30.6 Å². The Bertz CT molecular complexity index is 766. The van der Waals surface area contributed by atoms with Crippen molar-refractivity contribution in [2.24, 2.45) is 0 Å². The molecule has 0 aliphatic heterocycles. The molecule has 1 aromatic heterocycles. The first-order valence-corrected chi connectivity index (χ1v) is 7.38. The molecule has 3 N–H and O–H groups in total. The van der Waals surface area contributed by atoms with E-state index >= 15 is 0 Å². The molecule has 0 aliphatic carbocycles. The number of hydrogen-bond donors (Lipinski definition) is 2. The van der Waals surface area contributed by atoms with Crippen LogP contribution in [0, 0.1) is 0 Å². The van der Waals surface area contributed by atoms with Gasteiger partial charge in [-0.15, -0.1) is 0 Å². The fraction of sp³-hybridized carbons (Fsp3) is 0.133. The molecule has 7 nitrogen and oxygen atoms in total. The lowest BCUT2D eigenvalue weighted by molar-refractivity contribution is -0.119. The molecule has 9 heteroatoms. The number of methoxy groups -OCH3 is 1. The van der Waals surface area contributed by atoms with Crippen LogP contribution in [0.2, 0.25) is 10.0 Å². The summed E-state index contributed by atoms with van der Waals surface area (Å²) < 4.78 is 9.99. The zero-order valence-electron chi connectivity index (χ0n) is 12.5. The zero-order valence-corrected chi connectivity index (χ0v) is 14.0. The Hall–Kier alpha value is -2.51. The number of amides is 1. The van der Waals surface area contributed by atoms with E-state index in [-0.39, 0.29) is 27.8 Å². The van der Waals surface area contributed by atoms with Gasteiger partial charge in [-0.05, 0) is 18.2 Å². The van der Waals surface area contributed by atoms with Gasteiger partial charge in [0.15, 0.2) is 6.61 Å². The number of nitrogens with two attached hydrogens (primary N) is 1. The van der Waals surface area contributed by atoms with Gasteiger partial charge in [-0.2, -0.15) is 0 Å². The molecule has 1 aromatic carbocycles. The predicted octanol–water partition coefficient (Wildman–Crippen LogP) is 2.77. The minimum Gasteiger partial charge on any atom is -0.496 e.